The first kappa shape index (κ1) is 21.1. The molecule has 3 aromatic rings. The van der Waals surface area contributed by atoms with E-state index in [1.165, 1.54) is 12.1 Å². The average Bonchev–Trinajstić information content (AvgIpc) is 3.23. The second kappa shape index (κ2) is 9.25. The number of carbonyl (C=O) groups is 1. The zero-order valence-corrected chi connectivity index (χ0v) is 16.6. The number of hydrogen-bond acceptors (Lipinski definition) is 5. The van der Waals surface area contributed by atoms with Crippen molar-refractivity contribution in [1.29, 1.82) is 0 Å². The molecule has 0 radical (unpaired) electrons. The number of methoxy groups -OCH3 is 2. The van der Waals surface area contributed by atoms with Crippen LogP contribution in [0.5, 0.6) is 17.2 Å². The number of hydrogen-bond donors (Lipinski definition) is 2. The number of alkyl halides is 2. The van der Waals surface area contributed by atoms with Gasteiger partial charge in [-0.25, -0.2) is 0 Å². The molecule has 1 atom stereocenters. The van der Waals surface area contributed by atoms with Gasteiger partial charge in [-0.15, -0.1) is 0 Å². The van der Waals surface area contributed by atoms with Gasteiger partial charge >= 0.3 is 6.61 Å². The molecule has 9 heteroatoms. The number of aromatic amines is 1. The van der Waals surface area contributed by atoms with E-state index in [-0.39, 0.29) is 23.4 Å². The Bertz CT molecular complexity index is 1010. The summed E-state index contributed by atoms with van der Waals surface area (Å²) in [6.45, 7) is -1.06. The highest BCUT2D eigenvalue weighted by Crippen LogP contribution is 2.29. The first-order valence-corrected chi connectivity index (χ1v) is 9.04. The molecule has 0 saturated heterocycles. The molecule has 2 N–H and O–H groups in total. The Morgan fingerprint density at radius 3 is 2.37 bits per heavy atom. The summed E-state index contributed by atoms with van der Waals surface area (Å²) in [6, 6.07) is 12.5. The van der Waals surface area contributed by atoms with Gasteiger partial charge < -0.3 is 19.5 Å². The molecule has 0 aliphatic carbocycles. The van der Waals surface area contributed by atoms with Crippen LogP contribution >= 0.6 is 0 Å². The highest BCUT2D eigenvalue weighted by atomic mass is 19.3. The summed E-state index contributed by atoms with van der Waals surface area (Å²) in [4.78, 5) is 12.6. The van der Waals surface area contributed by atoms with Crippen molar-refractivity contribution in [3.05, 3.63) is 59.8 Å². The summed E-state index contributed by atoms with van der Waals surface area (Å²) in [6.07, 6.45) is 0. The molecule has 1 aromatic heterocycles. The number of nitrogens with one attached hydrogen (secondary N) is 2. The van der Waals surface area contributed by atoms with Crippen molar-refractivity contribution in [2.75, 3.05) is 14.2 Å². The van der Waals surface area contributed by atoms with Gasteiger partial charge in [0.25, 0.3) is 5.91 Å². The van der Waals surface area contributed by atoms with E-state index in [0.717, 1.165) is 5.56 Å². The van der Waals surface area contributed by atoms with Crippen molar-refractivity contribution < 1.29 is 27.8 Å². The third-order valence-corrected chi connectivity index (χ3v) is 4.45. The number of aromatic nitrogens is 2. The molecule has 0 aliphatic heterocycles. The number of ether oxygens (including phenoxy) is 3. The number of halogens is 2. The minimum Gasteiger partial charge on any atom is -0.497 e. The Hall–Kier alpha value is -3.62. The van der Waals surface area contributed by atoms with Crippen molar-refractivity contribution in [3.8, 4) is 28.5 Å². The van der Waals surface area contributed by atoms with Gasteiger partial charge in [0.2, 0.25) is 0 Å². The predicted octanol–water partition coefficient (Wildman–Crippen LogP) is 4.19. The second-order valence-corrected chi connectivity index (χ2v) is 6.37. The van der Waals surface area contributed by atoms with Gasteiger partial charge in [-0.3, -0.25) is 9.89 Å². The summed E-state index contributed by atoms with van der Waals surface area (Å²) < 4.78 is 39.4. The van der Waals surface area contributed by atoms with Crippen molar-refractivity contribution in [2.24, 2.45) is 0 Å². The maximum atomic E-state index is 12.6. The Balaban J connectivity index is 1.72. The van der Waals surface area contributed by atoms with Gasteiger partial charge in [-0.05, 0) is 55.5 Å². The SMILES string of the molecule is COc1ccc(OC)c(C(C)NC(=O)c2cc(-c3ccc(OC(F)F)cc3)n[nH]2)c1. The third kappa shape index (κ3) is 4.86. The standard InChI is InChI=1S/C21H21F2N3O4/c1-12(16-10-15(28-2)8-9-19(16)29-3)24-20(27)18-11-17(25-26-18)13-4-6-14(7-5-13)30-21(22)23/h4-12,21H,1-3H3,(H,24,27)(H,25,26). The van der Waals surface area contributed by atoms with Crippen LogP contribution in [0.4, 0.5) is 8.78 Å². The van der Waals surface area contributed by atoms with Gasteiger partial charge in [0, 0.05) is 11.1 Å². The summed E-state index contributed by atoms with van der Waals surface area (Å²) in [5.74, 6) is 0.960. The second-order valence-electron chi connectivity index (χ2n) is 6.37. The van der Waals surface area contributed by atoms with E-state index < -0.39 is 6.61 Å². The Kier molecular flexibility index (Phi) is 6.51. The molecular weight excluding hydrogens is 396 g/mol. The molecule has 158 valence electrons. The highest BCUT2D eigenvalue weighted by molar-refractivity contribution is 5.93. The molecule has 1 heterocycles. The van der Waals surface area contributed by atoms with E-state index in [1.807, 2.05) is 6.92 Å². The lowest BCUT2D eigenvalue weighted by molar-refractivity contribution is -0.0498. The van der Waals surface area contributed by atoms with E-state index in [1.54, 1.807) is 50.6 Å². The molecule has 1 amide bonds. The van der Waals surface area contributed by atoms with Gasteiger partial charge in [0.05, 0.1) is 26.0 Å². The summed E-state index contributed by atoms with van der Waals surface area (Å²) in [5.41, 5.74) is 2.16. The summed E-state index contributed by atoms with van der Waals surface area (Å²) in [7, 11) is 3.12. The molecule has 2 aromatic carbocycles. The van der Waals surface area contributed by atoms with Gasteiger partial charge in [0.15, 0.2) is 0 Å². The largest absolute Gasteiger partial charge is 0.497 e. The van der Waals surface area contributed by atoms with Crippen molar-refractivity contribution >= 4 is 5.91 Å². The summed E-state index contributed by atoms with van der Waals surface area (Å²) >= 11 is 0. The number of H-pyrrole nitrogens is 1. The zero-order valence-electron chi connectivity index (χ0n) is 16.6. The molecular formula is C21H21F2N3O4. The fourth-order valence-electron chi connectivity index (χ4n) is 2.92. The maximum Gasteiger partial charge on any atom is 0.387 e. The third-order valence-electron chi connectivity index (χ3n) is 4.45. The van der Waals surface area contributed by atoms with Crippen LogP contribution in [0.1, 0.15) is 29.0 Å². The molecule has 0 bridgehead atoms. The van der Waals surface area contributed by atoms with Gasteiger partial charge in [0.1, 0.15) is 22.9 Å². The number of nitrogens with zero attached hydrogens (tertiary/aromatic N) is 1. The molecule has 30 heavy (non-hydrogen) atoms. The van der Waals surface area contributed by atoms with E-state index in [9.17, 15) is 13.6 Å². The molecule has 0 saturated carbocycles. The first-order chi connectivity index (χ1) is 14.4. The fourth-order valence-corrected chi connectivity index (χ4v) is 2.92. The molecule has 7 nitrogen and oxygen atoms in total. The number of carbonyl (C=O) groups excluding carboxylic acids is 1. The van der Waals surface area contributed by atoms with Crippen LogP contribution in [0.3, 0.4) is 0 Å². The van der Waals surface area contributed by atoms with Crippen LogP contribution < -0.4 is 19.5 Å². The number of amides is 1. The smallest absolute Gasteiger partial charge is 0.387 e. The monoisotopic (exact) mass is 417 g/mol. The van der Waals surface area contributed by atoms with Crippen LogP contribution in [0.15, 0.2) is 48.5 Å². The van der Waals surface area contributed by atoms with Crippen LogP contribution in [0.25, 0.3) is 11.3 Å². The Morgan fingerprint density at radius 1 is 1.03 bits per heavy atom. The van der Waals surface area contributed by atoms with E-state index >= 15 is 0 Å². The Labute approximate surface area is 172 Å². The maximum absolute atomic E-state index is 12.6. The normalized spacial score (nSPS) is 11.8. The Morgan fingerprint density at radius 2 is 1.73 bits per heavy atom. The van der Waals surface area contributed by atoms with Crippen molar-refractivity contribution in [1.82, 2.24) is 15.5 Å². The molecule has 0 aliphatic rings. The van der Waals surface area contributed by atoms with Crippen LogP contribution in [-0.2, 0) is 0 Å². The van der Waals surface area contributed by atoms with E-state index in [0.29, 0.717) is 22.8 Å². The molecule has 0 spiro atoms. The van der Waals surface area contributed by atoms with E-state index in [4.69, 9.17) is 9.47 Å². The van der Waals surface area contributed by atoms with Crippen molar-refractivity contribution in [2.45, 2.75) is 19.6 Å². The fraction of sp³-hybridized carbons (Fsp3) is 0.238. The predicted molar refractivity (Wildman–Crippen MR) is 106 cm³/mol. The quantitative estimate of drug-likeness (QED) is 0.574. The minimum atomic E-state index is -2.89. The molecule has 3 rings (SSSR count). The highest BCUT2D eigenvalue weighted by Gasteiger charge is 2.18. The lowest BCUT2D eigenvalue weighted by Crippen LogP contribution is -2.27. The lowest BCUT2D eigenvalue weighted by Gasteiger charge is -2.17. The average molecular weight is 417 g/mol. The number of benzene rings is 2. The zero-order chi connectivity index (χ0) is 21.7. The van der Waals surface area contributed by atoms with Gasteiger partial charge in [-0.2, -0.15) is 13.9 Å². The topological polar surface area (TPSA) is 85.5 Å². The van der Waals surface area contributed by atoms with Gasteiger partial charge in [-0.1, -0.05) is 0 Å². The van der Waals surface area contributed by atoms with E-state index in [2.05, 4.69) is 20.3 Å². The lowest BCUT2D eigenvalue weighted by atomic mass is 10.1. The minimum absolute atomic E-state index is 0.0447. The first-order valence-electron chi connectivity index (χ1n) is 9.04. The van der Waals surface area contributed by atoms with Crippen LogP contribution in [0, 0.1) is 0 Å². The van der Waals surface area contributed by atoms with Crippen LogP contribution in [0.2, 0.25) is 0 Å². The van der Waals surface area contributed by atoms with Crippen LogP contribution in [-0.4, -0.2) is 36.9 Å². The molecule has 1 unspecified atom stereocenters. The van der Waals surface area contributed by atoms with Crippen molar-refractivity contribution in [3.63, 3.8) is 0 Å². The summed E-state index contributed by atoms with van der Waals surface area (Å²) in [5, 5.41) is 9.69. The molecule has 0 fully saturated rings. The number of rotatable bonds is 8.